The number of hydrogen-bond donors (Lipinski definition) is 1. The second-order valence-corrected chi connectivity index (χ2v) is 10.5. The average molecular weight is 420 g/mol. The van der Waals surface area contributed by atoms with Crippen molar-refractivity contribution in [2.24, 2.45) is 0 Å². The van der Waals surface area contributed by atoms with Crippen molar-refractivity contribution in [3.8, 4) is 0 Å². The zero-order valence-electron chi connectivity index (χ0n) is 17.4. The molecule has 4 nitrogen and oxygen atoms in total. The van der Waals surface area contributed by atoms with Crippen molar-refractivity contribution in [1.29, 1.82) is 0 Å². The maximum absolute atomic E-state index is 13.5. The quantitative estimate of drug-likeness (QED) is 0.676. The molecule has 3 aromatic rings. The van der Waals surface area contributed by atoms with Gasteiger partial charge in [0.15, 0.2) is 0 Å². The van der Waals surface area contributed by atoms with Crippen LogP contribution in [0.25, 0.3) is 10.2 Å². The van der Waals surface area contributed by atoms with Crippen LogP contribution < -0.4 is 10.9 Å². The van der Waals surface area contributed by atoms with E-state index in [0.717, 1.165) is 42.3 Å². The second-order valence-electron chi connectivity index (χ2n) is 9.41. The van der Waals surface area contributed by atoms with Crippen molar-refractivity contribution in [2.45, 2.75) is 82.3 Å². The van der Waals surface area contributed by atoms with E-state index < -0.39 is 0 Å². The molecule has 3 aliphatic carbocycles. The molecule has 0 saturated heterocycles. The summed E-state index contributed by atoms with van der Waals surface area (Å²) in [4.78, 5) is 20.6. The summed E-state index contributed by atoms with van der Waals surface area (Å²) in [6, 6.07) is 10.0. The number of benzene rings is 1. The molecule has 30 heavy (non-hydrogen) atoms. The normalized spacial score (nSPS) is 22.3. The monoisotopic (exact) mass is 419 g/mol. The number of rotatable bonds is 3. The van der Waals surface area contributed by atoms with Gasteiger partial charge in [-0.3, -0.25) is 9.36 Å². The number of aromatic nitrogens is 2. The first kappa shape index (κ1) is 18.8. The Morgan fingerprint density at radius 1 is 0.967 bits per heavy atom. The molecule has 0 radical (unpaired) electrons. The predicted octanol–water partition coefficient (Wildman–Crippen LogP) is 4.58. The molecule has 6 rings (SSSR count). The van der Waals surface area contributed by atoms with Crippen LogP contribution in [0, 0.1) is 0 Å². The zero-order valence-corrected chi connectivity index (χ0v) is 18.2. The van der Waals surface area contributed by atoms with Crippen LogP contribution in [0.2, 0.25) is 0 Å². The summed E-state index contributed by atoms with van der Waals surface area (Å²) in [5, 5.41) is 4.83. The van der Waals surface area contributed by atoms with Gasteiger partial charge in [0.25, 0.3) is 5.56 Å². The Morgan fingerprint density at radius 3 is 2.50 bits per heavy atom. The SMILES string of the molecule is O=c1c2c3c(sc2ncn1C1Cc2ccccc2C1)C[C@@H](NC1CCCCC1)CC3. The Hall–Kier alpha value is -1.98. The number of aryl methyl sites for hydroxylation is 1. The van der Waals surface area contributed by atoms with Crippen LogP contribution in [-0.4, -0.2) is 21.6 Å². The van der Waals surface area contributed by atoms with Crippen LogP contribution in [0.3, 0.4) is 0 Å². The highest BCUT2D eigenvalue weighted by Crippen LogP contribution is 2.35. The lowest BCUT2D eigenvalue weighted by Crippen LogP contribution is -2.42. The fraction of sp³-hybridized carbons (Fsp3) is 0.520. The average Bonchev–Trinajstić information content (AvgIpc) is 3.36. The highest BCUT2D eigenvalue weighted by molar-refractivity contribution is 7.18. The highest BCUT2D eigenvalue weighted by atomic mass is 32.1. The van der Waals surface area contributed by atoms with Gasteiger partial charge in [-0.05, 0) is 61.6 Å². The first-order valence-electron chi connectivity index (χ1n) is 11.6. The molecule has 2 aromatic heterocycles. The maximum atomic E-state index is 13.5. The van der Waals surface area contributed by atoms with Crippen LogP contribution in [0.5, 0.6) is 0 Å². The lowest BCUT2D eigenvalue weighted by molar-refractivity contribution is 0.322. The summed E-state index contributed by atoms with van der Waals surface area (Å²) < 4.78 is 1.92. The molecule has 1 aromatic carbocycles. The van der Waals surface area contributed by atoms with Gasteiger partial charge < -0.3 is 5.32 Å². The lowest BCUT2D eigenvalue weighted by Gasteiger charge is -2.30. The molecule has 156 valence electrons. The minimum absolute atomic E-state index is 0.175. The van der Waals surface area contributed by atoms with E-state index in [-0.39, 0.29) is 11.6 Å². The number of nitrogens with one attached hydrogen (secondary N) is 1. The van der Waals surface area contributed by atoms with Crippen molar-refractivity contribution in [3.63, 3.8) is 0 Å². The molecular formula is C25H29N3OS. The maximum Gasteiger partial charge on any atom is 0.262 e. The molecule has 0 amide bonds. The van der Waals surface area contributed by atoms with Gasteiger partial charge in [0.05, 0.1) is 11.7 Å². The fourth-order valence-corrected chi connectivity index (χ4v) is 7.17. The molecule has 0 spiro atoms. The molecule has 1 N–H and O–H groups in total. The van der Waals surface area contributed by atoms with Crippen LogP contribution in [0.15, 0.2) is 35.4 Å². The van der Waals surface area contributed by atoms with E-state index >= 15 is 0 Å². The molecule has 0 aliphatic heterocycles. The molecule has 0 unspecified atom stereocenters. The summed E-state index contributed by atoms with van der Waals surface area (Å²) >= 11 is 1.75. The molecule has 1 fully saturated rings. The van der Waals surface area contributed by atoms with Crippen LogP contribution in [-0.2, 0) is 25.7 Å². The van der Waals surface area contributed by atoms with Gasteiger partial charge in [0.2, 0.25) is 0 Å². The smallest absolute Gasteiger partial charge is 0.262 e. The van der Waals surface area contributed by atoms with Crippen LogP contribution >= 0.6 is 11.3 Å². The van der Waals surface area contributed by atoms with E-state index in [1.807, 2.05) is 4.57 Å². The number of hydrogen-bond acceptors (Lipinski definition) is 4. The lowest BCUT2D eigenvalue weighted by atomic mass is 9.90. The minimum Gasteiger partial charge on any atom is -0.311 e. The Balaban J connectivity index is 1.28. The van der Waals surface area contributed by atoms with Gasteiger partial charge in [-0.25, -0.2) is 4.98 Å². The third-order valence-corrected chi connectivity index (χ3v) is 8.66. The molecule has 1 atom stereocenters. The van der Waals surface area contributed by atoms with Crippen molar-refractivity contribution < 1.29 is 0 Å². The van der Waals surface area contributed by atoms with Gasteiger partial charge in [-0.1, -0.05) is 43.5 Å². The first-order valence-corrected chi connectivity index (χ1v) is 12.4. The van der Waals surface area contributed by atoms with Crippen LogP contribution in [0.4, 0.5) is 0 Å². The van der Waals surface area contributed by atoms with Gasteiger partial charge in [0.1, 0.15) is 4.83 Å². The van der Waals surface area contributed by atoms with E-state index in [9.17, 15) is 4.79 Å². The third-order valence-electron chi connectivity index (χ3n) is 7.49. The summed E-state index contributed by atoms with van der Waals surface area (Å²) in [6.45, 7) is 0. The Bertz CT molecular complexity index is 1120. The molecule has 2 heterocycles. The number of thiophene rings is 1. The molecule has 5 heteroatoms. The van der Waals surface area contributed by atoms with Gasteiger partial charge >= 0.3 is 0 Å². The fourth-order valence-electron chi connectivity index (χ4n) is 5.92. The Morgan fingerprint density at radius 2 is 1.73 bits per heavy atom. The molecular weight excluding hydrogens is 390 g/mol. The predicted molar refractivity (Wildman–Crippen MR) is 123 cm³/mol. The number of fused-ring (bicyclic) bond motifs is 4. The molecule has 1 saturated carbocycles. The summed E-state index contributed by atoms with van der Waals surface area (Å²) in [6.07, 6.45) is 13.7. The van der Waals surface area contributed by atoms with Crippen molar-refractivity contribution >= 4 is 21.6 Å². The molecule has 0 bridgehead atoms. The summed E-state index contributed by atoms with van der Waals surface area (Å²) in [5.41, 5.74) is 4.21. The summed E-state index contributed by atoms with van der Waals surface area (Å²) in [7, 11) is 0. The largest absolute Gasteiger partial charge is 0.311 e. The van der Waals surface area contributed by atoms with E-state index in [4.69, 9.17) is 4.98 Å². The first-order chi connectivity index (χ1) is 14.8. The second kappa shape index (κ2) is 7.61. The number of nitrogens with zero attached hydrogens (tertiary/aromatic N) is 2. The zero-order chi connectivity index (χ0) is 20.1. The van der Waals surface area contributed by atoms with Gasteiger partial charge in [-0.2, -0.15) is 0 Å². The molecule has 3 aliphatic rings. The Kier molecular flexibility index (Phi) is 4.76. The van der Waals surface area contributed by atoms with Crippen molar-refractivity contribution in [3.05, 3.63) is 62.5 Å². The van der Waals surface area contributed by atoms with Gasteiger partial charge in [-0.15, -0.1) is 11.3 Å². The van der Waals surface area contributed by atoms with Gasteiger partial charge in [0, 0.05) is 23.0 Å². The highest BCUT2D eigenvalue weighted by Gasteiger charge is 2.29. The van der Waals surface area contributed by atoms with Crippen molar-refractivity contribution in [2.75, 3.05) is 0 Å². The Labute approximate surface area is 181 Å². The van der Waals surface area contributed by atoms with E-state index in [1.165, 1.54) is 53.7 Å². The van der Waals surface area contributed by atoms with E-state index in [1.54, 1.807) is 17.7 Å². The summed E-state index contributed by atoms with van der Waals surface area (Å²) in [5.74, 6) is 0. The standard InChI is InChI=1S/C25H29N3OS/c29-25-23-21-11-10-19(27-18-8-2-1-3-9-18)14-22(21)30-24(23)26-15-28(25)20-12-16-6-4-5-7-17(16)13-20/h4-7,15,18-20,27H,1-3,8-14H2/t19-/m0/s1. The minimum atomic E-state index is 0.175. The topological polar surface area (TPSA) is 46.9 Å². The van der Waals surface area contributed by atoms with E-state index in [2.05, 4.69) is 29.6 Å². The van der Waals surface area contributed by atoms with Crippen molar-refractivity contribution in [1.82, 2.24) is 14.9 Å². The third kappa shape index (κ3) is 3.23. The van der Waals surface area contributed by atoms with Crippen LogP contribution in [0.1, 0.15) is 66.1 Å². The van der Waals surface area contributed by atoms with E-state index in [0.29, 0.717) is 12.1 Å².